The highest BCUT2D eigenvalue weighted by Crippen LogP contribution is 2.28. The van der Waals surface area contributed by atoms with Crippen LogP contribution in [0.5, 0.6) is 0 Å². The van der Waals surface area contributed by atoms with Gasteiger partial charge in [0.15, 0.2) is 5.78 Å². The number of carbonyl (C=O) groups is 2. The van der Waals surface area contributed by atoms with Gasteiger partial charge >= 0.3 is 0 Å². The minimum absolute atomic E-state index is 0.0237. The smallest absolute Gasteiger partial charge is 0.234 e. The Kier molecular flexibility index (Phi) is 6.04. The number of nitrogens with zero attached hydrogens (tertiary/aromatic N) is 1. The van der Waals surface area contributed by atoms with Crippen molar-refractivity contribution >= 4 is 22.6 Å². The van der Waals surface area contributed by atoms with E-state index in [0.717, 1.165) is 22.9 Å². The molecule has 5 heteroatoms. The van der Waals surface area contributed by atoms with Crippen LogP contribution in [0.25, 0.3) is 10.9 Å². The predicted octanol–water partition coefficient (Wildman–Crippen LogP) is 3.55. The number of rotatable bonds is 8. The van der Waals surface area contributed by atoms with Gasteiger partial charge in [0, 0.05) is 29.2 Å². The van der Waals surface area contributed by atoms with E-state index in [1.54, 1.807) is 6.20 Å². The zero-order chi connectivity index (χ0) is 19.2. The van der Waals surface area contributed by atoms with E-state index in [2.05, 4.69) is 10.3 Å². The number of hydrogen-bond acceptors (Lipinski definition) is 3. The van der Waals surface area contributed by atoms with E-state index in [1.807, 2.05) is 73.5 Å². The molecule has 0 saturated carbocycles. The van der Waals surface area contributed by atoms with Crippen LogP contribution in [0.1, 0.15) is 35.3 Å². The lowest BCUT2D eigenvalue weighted by molar-refractivity contribution is -0.122. The van der Waals surface area contributed by atoms with Crippen molar-refractivity contribution in [2.45, 2.75) is 19.4 Å². The van der Waals surface area contributed by atoms with Crippen LogP contribution in [0.15, 0.2) is 60.8 Å². The standard InChI is InChI=1S/C22H25N3O2/c1-3-13-23-20(26)15-25(2)21(16-9-5-4-6-10-16)22(27)18-14-24-19-12-8-7-11-17(18)19/h4-12,14,21,24H,3,13,15H2,1-2H3,(H,23,26)/t21-/m0/s1. The highest BCUT2D eigenvalue weighted by Gasteiger charge is 2.29. The molecule has 1 aromatic heterocycles. The van der Waals surface area contributed by atoms with Crippen molar-refractivity contribution in [3.63, 3.8) is 0 Å². The lowest BCUT2D eigenvalue weighted by atomic mass is 9.96. The quantitative estimate of drug-likeness (QED) is 0.602. The van der Waals surface area contributed by atoms with Gasteiger partial charge in [-0.15, -0.1) is 0 Å². The molecule has 5 nitrogen and oxygen atoms in total. The summed E-state index contributed by atoms with van der Waals surface area (Å²) in [5.41, 5.74) is 2.44. The summed E-state index contributed by atoms with van der Waals surface area (Å²) in [5, 5.41) is 3.77. The minimum Gasteiger partial charge on any atom is -0.360 e. The first-order valence-electron chi connectivity index (χ1n) is 9.24. The van der Waals surface area contributed by atoms with Gasteiger partial charge in [-0.3, -0.25) is 14.5 Å². The van der Waals surface area contributed by atoms with Crippen molar-refractivity contribution < 1.29 is 9.59 Å². The molecule has 140 valence electrons. The Bertz CT molecular complexity index is 917. The maximum atomic E-state index is 13.5. The summed E-state index contributed by atoms with van der Waals surface area (Å²) in [5.74, 6) is -0.101. The number of aromatic amines is 1. The molecule has 0 saturated heterocycles. The molecule has 1 heterocycles. The molecule has 0 aliphatic carbocycles. The average Bonchev–Trinajstić information content (AvgIpc) is 3.11. The Morgan fingerprint density at radius 1 is 1.07 bits per heavy atom. The molecule has 0 radical (unpaired) electrons. The molecule has 0 fully saturated rings. The monoisotopic (exact) mass is 363 g/mol. The van der Waals surface area contributed by atoms with Crippen LogP contribution in [-0.4, -0.2) is 41.7 Å². The van der Waals surface area contributed by atoms with E-state index in [-0.39, 0.29) is 18.2 Å². The molecule has 2 N–H and O–H groups in total. The molecule has 3 rings (SSSR count). The van der Waals surface area contributed by atoms with Crippen LogP contribution in [0, 0.1) is 0 Å². The van der Waals surface area contributed by atoms with Crippen molar-refractivity contribution in [1.82, 2.24) is 15.2 Å². The zero-order valence-corrected chi connectivity index (χ0v) is 15.7. The maximum Gasteiger partial charge on any atom is 0.234 e. The molecule has 0 bridgehead atoms. The van der Waals surface area contributed by atoms with Crippen molar-refractivity contribution in [1.29, 1.82) is 0 Å². The second-order valence-corrected chi connectivity index (χ2v) is 6.69. The van der Waals surface area contributed by atoms with E-state index in [1.165, 1.54) is 0 Å². The lowest BCUT2D eigenvalue weighted by Crippen LogP contribution is -2.40. The van der Waals surface area contributed by atoms with Gasteiger partial charge in [-0.05, 0) is 25.1 Å². The number of para-hydroxylation sites is 1. The van der Waals surface area contributed by atoms with Crippen LogP contribution in [0.3, 0.4) is 0 Å². The number of Topliss-reactive ketones (excluding diaryl/α,β-unsaturated/α-hetero) is 1. The normalized spacial score (nSPS) is 12.3. The van der Waals surface area contributed by atoms with Gasteiger partial charge in [0.1, 0.15) is 0 Å². The molecular weight excluding hydrogens is 338 g/mol. The maximum absolute atomic E-state index is 13.5. The van der Waals surface area contributed by atoms with Gasteiger partial charge in [0.05, 0.1) is 12.6 Å². The van der Waals surface area contributed by atoms with Gasteiger partial charge in [-0.2, -0.15) is 0 Å². The Morgan fingerprint density at radius 2 is 1.78 bits per heavy atom. The summed E-state index contributed by atoms with van der Waals surface area (Å²) in [4.78, 5) is 30.6. The Balaban J connectivity index is 1.92. The van der Waals surface area contributed by atoms with E-state index in [9.17, 15) is 9.59 Å². The number of benzene rings is 2. The molecule has 0 spiro atoms. The number of fused-ring (bicyclic) bond motifs is 1. The molecule has 3 aromatic rings. The average molecular weight is 363 g/mol. The predicted molar refractivity (Wildman–Crippen MR) is 108 cm³/mol. The third-order valence-electron chi connectivity index (χ3n) is 4.62. The zero-order valence-electron chi connectivity index (χ0n) is 15.7. The number of carbonyl (C=O) groups excluding carboxylic acids is 2. The summed E-state index contributed by atoms with van der Waals surface area (Å²) >= 11 is 0. The van der Waals surface area contributed by atoms with Crippen LogP contribution >= 0.6 is 0 Å². The number of likely N-dealkylation sites (N-methyl/N-ethyl adjacent to an activating group) is 1. The SMILES string of the molecule is CCCNC(=O)CN(C)[C@H](C(=O)c1c[nH]c2ccccc12)c1ccccc1. The fourth-order valence-electron chi connectivity index (χ4n) is 3.30. The van der Waals surface area contributed by atoms with Crippen LogP contribution in [0.2, 0.25) is 0 Å². The molecule has 27 heavy (non-hydrogen) atoms. The molecule has 0 aliphatic rings. The summed E-state index contributed by atoms with van der Waals surface area (Å²) < 4.78 is 0. The molecule has 0 aliphatic heterocycles. The molecule has 2 aromatic carbocycles. The first kappa shape index (κ1) is 18.9. The number of amides is 1. The first-order chi connectivity index (χ1) is 13.1. The largest absolute Gasteiger partial charge is 0.360 e. The molecular formula is C22H25N3O2. The summed E-state index contributed by atoms with van der Waals surface area (Å²) in [6, 6.07) is 16.8. The summed E-state index contributed by atoms with van der Waals surface area (Å²) in [6.07, 6.45) is 2.64. The fourth-order valence-corrected chi connectivity index (χ4v) is 3.30. The van der Waals surface area contributed by atoms with Crippen LogP contribution in [-0.2, 0) is 4.79 Å². The van der Waals surface area contributed by atoms with Crippen molar-refractivity contribution in [3.8, 4) is 0 Å². The summed E-state index contributed by atoms with van der Waals surface area (Å²) in [7, 11) is 1.82. The Labute approximate surface area is 159 Å². The summed E-state index contributed by atoms with van der Waals surface area (Å²) in [6.45, 7) is 2.81. The van der Waals surface area contributed by atoms with E-state index in [4.69, 9.17) is 0 Å². The number of nitrogens with one attached hydrogen (secondary N) is 2. The number of ketones is 1. The minimum atomic E-state index is -0.530. The first-order valence-corrected chi connectivity index (χ1v) is 9.24. The fraction of sp³-hybridized carbons (Fsp3) is 0.273. The molecule has 0 unspecified atom stereocenters. The number of aromatic nitrogens is 1. The Hall–Kier alpha value is -2.92. The third-order valence-corrected chi connectivity index (χ3v) is 4.62. The van der Waals surface area contributed by atoms with Crippen LogP contribution in [0.4, 0.5) is 0 Å². The highest BCUT2D eigenvalue weighted by molar-refractivity contribution is 6.10. The Morgan fingerprint density at radius 3 is 2.52 bits per heavy atom. The third kappa shape index (κ3) is 4.26. The number of hydrogen-bond donors (Lipinski definition) is 2. The van der Waals surface area contributed by atoms with Gasteiger partial charge in [-0.1, -0.05) is 55.5 Å². The van der Waals surface area contributed by atoms with E-state index >= 15 is 0 Å². The van der Waals surface area contributed by atoms with E-state index in [0.29, 0.717) is 12.1 Å². The molecule has 1 amide bonds. The second kappa shape index (κ2) is 8.64. The van der Waals surface area contributed by atoms with E-state index < -0.39 is 6.04 Å². The second-order valence-electron chi connectivity index (χ2n) is 6.69. The number of H-pyrrole nitrogens is 1. The molecule has 1 atom stereocenters. The van der Waals surface area contributed by atoms with Crippen molar-refractivity contribution in [2.75, 3.05) is 20.1 Å². The highest BCUT2D eigenvalue weighted by atomic mass is 16.2. The van der Waals surface area contributed by atoms with Crippen molar-refractivity contribution in [2.24, 2.45) is 0 Å². The van der Waals surface area contributed by atoms with Gasteiger partial charge in [0.2, 0.25) is 5.91 Å². The van der Waals surface area contributed by atoms with Gasteiger partial charge < -0.3 is 10.3 Å². The van der Waals surface area contributed by atoms with Crippen LogP contribution < -0.4 is 5.32 Å². The van der Waals surface area contributed by atoms with Gasteiger partial charge in [0.25, 0.3) is 0 Å². The van der Waals surface area contributed by atoms with Gasteiger partial charge in [-0.25, -0.2) is 0 Å². The lowest BCUT2D eigenvalue weighted by Gasteiger charge is -2.27. The topological polar surface area (TPSA) is 65.2 Å². The van der Waals surface area contributed by atoms with Crippen molar-refractivity contribution in [3.05, 3.63) is 71.9 Å².